The predicted molar refractivity (Wildman–Crippen MR) is 93.0 cm³/mol. The first kappa shape index (κ1) is 16.9. The van der Waals surface area contributed by atoms with Gasteiger partial charge in [0.1, 0.15) is 17.9 Å². The molecule has 0 aliphatic carbocycles. The maximum atomic E-state index is 12.4. The van der Waals surface area contributed by atoms with Crippen LogP contribution in [0.1, 0.15) is 13.3 Å². The van der Waals surface area contributed by atoms with Crippen molar-refractivity contribution in [3.05, 3.63) is 36.7 Å². The largest absolute Gasteiger partial charge is 0.496 e. The summed E-state index contributed by atoms with van der Waals surface area (Å²) in [7, 11) is 1.60. The minimum Gasteiger partial charge on any atom is -0.496 e. The van der Waals surface area contributed by atoms with Crippen LogP contribution in [0.5, 0.6) is 5.75 Å². The number of hydrogen-bond donors (Lipinski definition) is 1. The Balaban J connectivity index is 1.76. The van der Waals surface area contributed by atoms with E-state index in [1.165, 1.54) is 6.33 Å². The molecule has 1 saturated heterocycles. The van der Waals surface area contributed by atoms with Gasteiger partial charge in [0.05, 0.1) is 18.7 Å². The van der Waals surface area contributed by atoms with Gasteiger partial charge in [-0.1, -0.05) is 12.1 Å². The van der Waals surface area contributed by atoms with E-state index in [0.29, 0.717) is 30.4 Å². The van der Waals surface area contributed by atoms with Gasteiger partial charge in [-0.3, -0.25) is 9.59 Å². The normalized spacial score (nSPS) is 16.8. The van der Waals surface area contributed by atoms with Crippen LogP contribution in [0, 0.1) is 5.92 Å². The molecule has 0 bridgehead atoms. The van der Waals surface area contributed by atoms with Gasteiger partial charge in [0, 0.05) is 31.1 Å². The molecule has 130 valence electrons. The monoisotopic (exact) mass is 340 g/mol. The average molecular weight is 340 g/mol. The standard InChI is InChI=1S/C18H20N4O3/c1-3-22-10-12(8-17(22)23)18(24)21-16-9-14(19-11-20-16)13-6-4-5-7-15(13)25-2/h4-7,9,11-12H,3,8,10H2,1-2H3,(H,19,20,21,24). The molecule has 1 N–H and O–H groups in total. The van der Waals surface area contributed by atoms with Crippen molar-refractivity contribution < 1.29 is 14.3 Å². The van der Waals surface area contributed by atoms with Gasteiger partial charge in [-0.2, -0.15) is 0 Å². The molecule has 0 spiro atoms. The number of amides is 2. The van der Waals surface area contributed by atoms with Crippen LogP contribution < -0.4 is 10.1 Å². The third-order valence-corrected chi connectivity index (χ3v) is 4.27. The summed E-state index contributed by atoms with van der Waals surface area (Å²) in [5.74, 6) is 0.563. The number of carbonyl (C=O) groups excluding carboxylic acids is 2. The molecule has 0 radical (unpaired) electrons. The molecular formula is C18H20N4O3. The fourth-order valence-electron chi connectivity index (χ4n) is 2.91. The number of carbonyl (C=O) groups is 2. The van der Waals surface area contributed by atoms with E-state index in [2.05, 4.69) is 15.3 Å². The molecule has 1 atom stereocenters. The lowest BCUT2D eigenvalue weighted by Crippen LogP contribution is -2.28. The smallest absolute Gasteiger partial charge is 0.230 e. The van der Waals surface area contributed by atoms with E-state index in [1.54, 1.807) is 18.1 Å². The molecule has 2 aromatic rings. The average Bonchev–Trinajstić information content (AvgIpc) is 3.03. The second kappa shape index (κ2) is 7.29. The Morgan fingerprint density at radius 1 is 1.36 bits per heavy atom. The highest BCUT2D eigenvalue weighted by molar-refractivity contribution is 5.96. The van der Waals surface area contributed by atoms with Crippen molar-refractivity contribution in [3.63, 3.8) is 0 Å². The maximum absolute atomic E-state index is 12.4. The zero-order valence-corrected chi connectivity index (χ0v) is 14.2. The van der Waals surface area contributed by atoms with Crippen molar-refractivity contribution in [3.8, 4) is 17.0 Å². The highest BCUT2D eigenvalue weighted by Crippen LogP contribution is 2.29. The van der Waals surface area contributed by atoms with E-state index in [-0.39, 0.29) is 24.2 Å². The van der Waals surface area contributed by atoms with Crippen molar-refractivity contribution in [1.82, 2.24) is 14.9 Å². The number of anilines is 1. The Hall–Kier alpha value is -2.96. The van der Waals surface area contributed by atoms with Crippen LogP contribution in [0.25, 0.3) is 11.3 Å². The summed E-state index contributed by atoms with van der Waals surface area (Å²) in [6.45, 7) is 2.97. The van der Waals surface area contributed by atoms with Gasteiger partial charge >= 0.3 is 0 Å². The lowest BCUT2D eigenvalue weighted by Gasteiger charge is -2.13. The minimum absolute atomic E-state index is 0.0139. The Morgan fingerprint density at radius 2 is 2.16 bits per heavy atom. The Bertz CT molecular complexity index is 793. The van der Waals surface area contributed by atoms with Crippen LogP contribution in [-0.4, -0.2) is 46.9 Å². The molecule has 0 saturated carbocycles. The first-order valence-corrected chi connectivity index (χ1v) is 8.16. The third kappa shape index (κ3) is 3.60. The Labute approximate surface area is 146 Å². The number of rotatable bonds is 5. The van der Waals surface area contributed by atoms with Crippen LogP contribution >= 0.6 is 0 Å². The number of aromatic nitrogens is 2. The second-order valence-corrected chi connectivity index (χ2v) is 5.81. The molecule has 7 heteroatoms. The van der Waals surface area contributed by atoms with Crippen molar-refractivity contribution in [2.45, 2.75) is 13.3 Å². The van der Waals surface area contributed by atoms with Crippen LogP contribution in [-0.2, 0) is 9.59 Å². The van der Waals surface area contributed by atoms with Gasteiger partial charge < -0.3 is 15.0 Å². The number of nitrogens with zero attached hydrogens (tertiary/aromatic N) is 3. The Kier molecular flexibility index (Phi) is 4.92. The van der Waals surface area contributed by atoms with Gasteiger partial charge in [-0.25, -0.2) is 9.97 Å². The number of ether oxygens (including phenoxy) is 1. The zero-order valence-electron chi connectivity index (χ0n) is 14.2. The molecule has 7 nitrogen and oxygen atoms in total. The lowest BCUT2D eigenvalue weighted by atomic mass is 10.1. The molecule has 2 amide bonds. The molecule has 1 aromatic heterocycles. The van der Waals surface area contributed by atoms with Crippen molar-refractivity contribution in [2.24, 2.45) is 5.92 Å². The van der Waals surface area contributed by atoms with Gasteiger partial charge in [-0.05, 0) is 19.1 Å². The zero-order chi connectivity index (χ0) is 17.8. The molecule has 2 heterocycles. The number of para-hydroxylation sites is 1. The van der Waals surface area contributed by atoms with Gasteiger partial charge in [0.25, 0.3) is 0 Å². The van der Waals surface area contributed by atoms with Crippen LogP contribution in [0.15, 0.2) is 36.7 Å². The summed E-state index contributed by atoms with van der Waals surface area (Å²) in [5, 5.41) is 2.79. The second-order valence-electron chi connectivity index (χ2n) is 5.81. The molecule has 1 aromatic carbocycles. The number of likely N-dealkylation sites (tertiary alicyclic amines) is 1. The van der Waals surface area contributed by atoms with Gasteiger partial charge in [-0.15, -0.1) is 0 Å². The summed E-state index contributed by atoms with van der Waals surface area (Å²) in [6, 6.07) is 9.20. The highest BCUT2D eigenvalue weighted by Gasteiger charge is 2.33. The highest BCUT2D eigenvalue weighted by atomic mass is 16.5. The first-order valence-electron chi connectivity index (χ1n) is 8.16. The fourth-order valence-corrected chi connectivity index (χ4v) is 2.91. The topological polar surface area (TPSA) is 84.4 Å². The van der Waals surface area contributed by atoms with Crippen molar-refractivity contribution in [2.75, 3.05) is 25.5 Å². The first-order chi connectivity index (χ1) is 12.1. The fraction of sp³-hybridized carbons (Fsp3) is 0.333. The predicted octanol–water partition coefficient (Wildman–Crippen LogP) is 1.96. The molecule has 3 rings (SSSR count). The molecule has 1 unspecified atom stereocenters. The SMILES string of the molecule is CCN1CC(C(=O)Nc2cc(-c3ccccc3OC)ncn2)CC1=O. The van der Waals surface area contributed by atoms with Gasteiger partial charge in [0.15, 0.2) is 0 Å². The third-order valence-electron chi connectivity index (χ3n) is 4.27. The number of methoxy groups -OCH3 is 1. The number of hydrogen-bond acceptors (Lipinski definition) is 5. The van der Waals surface area contributed by atoms with E-state index < -0.39 is 0 Å². The summed E-state index contributed by atoms with van der Waals surface area (Å²) in [6.07, 6.45) is 1.64. The molecule has 1 fully saturated rings. The van der Waals surface area contributed by atoms with E-state index in [0.717, 1.165) is 5.56 Å². The van der Waals surface area contributed by atoms with Crippen LogP contribution in [0.4, 0.5) is 5.82 Å². The number of nitrogens with one attached hydrogen (secondary N) is 1. The molecular weight excluding hydrogens is 320 g/mol. The van der Waals surface area contributed by atoms with Crippen LogP contribution in [0.3, 0.4) is 0 Å². The summed E-state index contributed by atoms with van der Waals surface area (Å²) in [4.78, 5) is 34.3. The van der Waals surface area contributed by atoms with Crippen LogP contribution in [0.2, 0.25) is 0 Å². The minimum atomic E-state index is -0.350. The molecule has 25 heavy (non-hydrogen) atoms. The Morgan fingerprint density at radius 3 is 2.88 bits per heavy atom. The van der Waals surface area contributed by atoms with E-state index in [9.17, 15) is 9.59 Å². The van der Waals surface area contributed by atoms with E-state index >= 15 is 0 Å². The number of benzene rings is 1. The summed E-state index contributed by atoms with van der Waals surface area (Å²) < 4.78 is 5.35. The lowest BCUT2D eigenvalue weighted by molar-refractivity contribution is -0.128. The molecule has 1 aliphatic heterocycles. The van der Waals surface area contributed by atoms with Crippen molar-refractivity contribution in [1.29, 1.82) is 0 Å². The summed E-state index contributed by atoms with van der Waals surface area (Å²) >= 11 is 0. The van der Waals surface area contributed by atoms with Gasteiger partial charge in [0.2, 0.25) is 11.8 Å². The van der Waals surface area contributed by atoms with Crippen molar-refractivity contribution >= 4 is 17.6 Å². The molecule has 1 aliphatic rings. The van der Waals surface area contributed by atoms with E-state index in [1.807, 2.05) is 31.2 Å². The quantitative estimate of drug-likeness (QED) is 0.899. The maximum Gasteiger partial charge on any atom is 0.230 e. The summed E-state index contributed by atoms with van der Waals surface area (Å²) in [5.41, 5.74) is 1.47. The van der Waals surface area contributed by atoms with E-state index in [4.69, 9.17) is 4.74 Å².